The summed E-state index contributed by atoms with van der Waals surface area (Å²) < 4.78 is 6.42. The highest BCUT2D eigenvalue weighted by Crippen LogP contribution is 2.36. The molecule has 54 heavy (non-hydrogen) atoms. The molecule has 0 amide bonds. The van der Waals surface area contributed by atoms with Gasteiger partial charge in [-0.15, -0.1) is 0 Å². The number of aryl methyl sites for hydroxylation is 2. The zero-order valence-corrected chi connectivity index (χ0v) is 32.1. The van der Waals surface area contributed by atoms with Gasteiger partial charge in [-0.2, -0.15) is 0 Å². The highest BCUT2D eigenvalue weighted by molar-refractivity contribution is 5.86. The van der Waals surface area contributed by atoms with Gasteiger partial charge in [-0.1, -0.05) is 92.9 Å². The van der Waals surface area contributed by atoms with Crippen molar-refractivity contribution in [2.45, 2.75) is 47.6 Å². The number of ether oxygens (including phenoxy) is 1. The molecule has 6 rings (SSSR count). The molecule has 0 N–H and O–H groups in total. The van der Waals surface area contributed by atoms with Crippen LogP contribution in [0.3, 0.4) is 0 Å². The lowest BCUT2D eigenvalue weighted by molar-refractivity contribution is 0.304. The molecule has 5 aromatic carbocycles. The van der Waals surface area contributed by atoms with E-state index in [0.717, 1.165) is 79.0 Å². The zero-order valence-electron chi connectivity index (χ0n) is 32.1. The van der Waals surface area contributed by atoms with Gasteiger partial charge < -0.3 is 4.74 Å². The number of benzene rings is 5. The van der Waals surface area contributed by atoms with Crippen LogP contribution in [0.1, 0.15) is 48.6 Å². The minimum absolute atomic E-state index is 0.541. The number of rotatable bonds is 13. The molecular weight excluding hydrogens is 657 g/mol. The van der Waals surface area contributed by atoms with E-state index in [2.05, 4.69) is 153 Å². The van der Waals surface area contributed by atoms with Crippen molar-refractivity contribution >= 4 is 11.8 Å². The van der Waals surface area contributed by atoms with Crippen LogP contribution in [0, 0.1) is 13.8 Å². The van der Waals surface area contributed by atoms with E-state index in [4.69, 9.17) is 4.74 Å². The molecular formula is C51H48N2O. The van der Waals surface area contributed by atoms with Crippen molar-refractivity contribution in [3.8, 4) is 50.3 Å². The SMILES string of the molecule is C=C/C(=C\C(=C)/C(C)=C/N=CC)c1cc(-c2cccc(-c3cccnc3)c2)cc(-c2cccc(-c3cccc(OCc4c(C)ccc(CC)c4C)c3)c2)c1. The second kappa shape index (κ2) is 17.5. The lowest BCUT2D eigenvalue weighted by Crippen LogP contribution is -2.03. The maximum atomic E-state index is 6.42. The summed E-state index contributed by atoms with van der Waals surface area (Å²) in [6.07, 6.45) is 12.3. The average molecular weight is 705 g/mol. The van der Waals surface area contributed by atoms with Crippen LogP contribution in [-0.2, 0) is 13.0 Å². The zero-order chi connectivity index (χ0) is 38.0. The molecule has 0 aliphatic rings. The summed E-state index contributed by atoms with van der Waals surface area (Å²) >= 11 is 0. The van der Waals surface area contributed by atoms with Gasteiger partial charge in [0.25, 0.3) is 0 Å². The monoisotopic (exact) mass is 704 g/mol. The lowest BCUT2D eigenvalue weighted by Gasteiger charge is -2.15. The first-order chi connectivity index (χ1) is 26.3. The normalized spacial score (nSPS) is 11.9. The van der Waals surface area contributed by atoms with Gasteiger partial charge >= 0.3 is 0 Å². The summed E-state index contributed by atoms with van der Waals surface area (Å²) in [5, 5.41) is 0. The lowest BCUT2D eigenvalue weighted by atomic mass is 9.90. The van der Waals surface area contributed by atoms with Gasteiger partial charge in [0, 0.05) is 30.4 Å². The molecule has 0 saturated carbocycles. The summed E-state index contributed by atoms with van der Waals surface area (Å²) in [6, 6.07) is 41.0. The van der Waals surface area contributed by atoms with E-state index in [1.807, 2.05) is 44.5 Å². The Hall–Kier alpha value is -6.32. The quantitative estimate of drug-likeness (QED) is 0.0886. The molecule has 0 aliphatic heterocycles. The molecule has 3 nitrogen and oxygen atoms in total. The Morgan fingerprint density at radius 3 is 1.94 bits per heavy atom. The van der Waals surface area contributed by atoms with Crippen LogP contribution in [0.2, 0.25) is 0 Å². The van der Waals surface area contributed by atoms with Crippen LogP contribution in [0.15, 0.2) is 175 Å². The van der Waals surface area contributed by atoms with Crippen LogP contribution in [0.5, 0.6) is 5.75 Å². The Kier molecular flexibility index (Phi) is 12.1. The molecule has 6 aromatic rings. The highest BCUT2D eigenvalue weighted by atomic mass is 16.5. The van der Waals surface area contributed by atoms with E-state index >= 15 is 0 Å². The van der Waals surface area contributed by atoms with Crippen LogP contribution >= 0.6 is 0 Å². The van der Waals surface area contributed by atoms with Crippen LogP contribution in [-0.4, -0.2) is 11.2 Å². The predicted molar refractivity (Wildman–Crippen MR) is 231 cm³/mol. The van der Waals surface area contributed by atoms with Crippen molar-refractivity contribution in [1.29, 1.82) is 0 Å². The number of nitrogens with zero attached hydrogens (tertiary/aromatic N) is 2. The number of allylic oxidation sites excluding steroid dienone is 5. The number of hydrogen-bond donors (Lipinski definition) is 0. The molecule has 0 unspecified atom stereocenters. The van der Waals surface area contributed by atoms with Crippen molar-refractivity contribution in [3.63, 3.8) is 0 Å². The minimum atomic E-state index is 0.541. The van der Waals surface area contributed by atoms with Crippen molar-refractivity contribution in [1.82, 2.24) is 4.98 Å². The molecule has 0 fully saturated rings. The van der Waals surface area contributed by atoms with Crippen molar-refractivity contribution in [2.24, 2.45) is 4.99 Å². The molecule has 1 heterocycles. The number of hydrogen-bond acceptors (Lipinski definition) is 3. The minimum Gasteiger partial charge on any atom is -0.489 e. The van der Waals surface area contributed by atoms with Gasteiger partial charge in [-0.3, -0.25) is 9.98 Å². The standard InChI is InChI=1S/C51H48N2O/c1-8-39-23-22-35(4)51(38(39)7)34-54-50-21-13-19-45(31-50)41-15-11-17-43(26-41)48-28-47(40(9-2)25-36(5)37(6)32-52-10-3)29-49(30-48)44-18-12-16-42(27-44)46-20-14-24-53-33-46/h9-33H,2,5,8,34H2,1,3-4,6-7H3/b37-32+,40-25+,52-10?. The van der Waals surface area contributed by atoms with E-state index in [0.29, 0.717) is 6.61 Å². The van der Waals surface area contributed by atoms with Crippen LogP contribution in [0.25, 0.3) is 50.1 Å². The molecule has 0 aliphatic carbocycles. The predicted octanol–water partition coefficient (Wildman–Crippen LogP) is 13.6. The average Bonchev–Trinajstić information content (AvgIpc) is 3.22. The second-order valence-corrected chi connectivity index (χ2v) is 13.6. The molecule has 0 saturated heterocycles. The van der Waals surface area contributed by atoms with E-state index < -0.39 is 0 Å². The fraction of sp³-hybridized carbons (Fsp3) is 0.137. The van der Waals surface area contributed by atoms with E-state index in [9.17, 15) is 0 Å². The number of aliphatic imine (C=N–C) groups is 1. The largest absolute Gasteiger partial charge is 0.489 e. The van der Waals surface area contributed by atoms with Crippen molar-refractivity contribution < 1.29 is 4.74 Å². The molecule has 268 valence electrons. The smallest absolute Gasteiger partial charge is 0.120 e. The molecule has 0 radical (unpaired) electrons. The Morgan fingerprint density at radius 1 is 0.741 bits per heavy atom. The molecule has 3 heteroatoms. The molecule has 0 bridgehead atoms. The topological polar surface area (TPSA) is 34.5 Å². The maximum absolute atomic E-state index is 6.42. The van der Waals surface area contributed by atoms with Gasteiger partial charge in [-0.05, 0) is 172 Å². The summed E-state index contributed by atoms with van der Waals surface area (Å²) in [7, 11) is 0. The second-order valence-electron chi connectivity index (χ2n) is 13.6. The number of aromatic nitrogens is 1. The van der Waals surface area contributed by atoms with E-state index in [1.165, 1.54) is 22.3 Å². The summed E-state index contributed by atoms with van der Waals surface area (Å²) in [4.78, 5) is 8.65. The van der Waals surface area contributed by atoms with Crippen molar-refractivity contribution in [3.05, 3.63) is 198 Å². The third-order valence-corrected chi connectivity index (χ3v) is 10.0. The third-order valence-electron chi connectivity index (χ3n) is 10.0. The van der Waals surface area contributed by atoms with Gasteiger partial charge in [0.15, 0.2) is 0 Å². The summed E-state index contributed by atoms with van der Waals surface area (Å²) in [6.45, 7) is 19.6. The maximum Gasteiger partial charge on any atom is 0.120 e. The van der Waals surface area contributed by atoms with Crippen LogP contribution in [0.4, 0.5) is 0 Å². The summed E-state index contributed by atoms with van der Waals surface area (Å²) in [5.74, 6) is 0.853. The molecule has 1 aromatic heterocycles. The van der Waals surface area contributed by atoms with E-state index in [1.54, 1.807) is 12.4 Å². The van der Waals surface area contributed by atoms with Gasteiger partial charge in [0.2, 0.25) is 0 Å². The number of pyridine rings is 1. The third kappa shape index (κ3) is 8.82. The Morgan fingerprint density at radius 2 is 1.33 bits per heavy atom. The fourth-order valence-electron chi connectivity index (χ4n) is 6.72. The van der Waals surface area contributed by atoms with E-state index in [-0.39, 0.29) is 0 Å². The Balaban J connectivity index is 1.39. The van der Waals surface area contributed by atoms with Gasteiger partial charge in [0.1, 0.15) is 12.4 Å². The Labute approximate surface area is 321 Å². The molecule has 0 atom stereocenters. The van der Waals surface area contributed by atoms with Gasteiger partial charge in [-0.25, -0.2) is 0 Å². The van der Waals surface area contributed by atoms with Crippen molar-refractivity contribution in [2.75, 3.05) is 0 Å². The fourth-order valence-corrected chi connectivity index (χ4v) is 6.72. The first kappa shape index (κ1) is 37.4. The molecule has 0 spiro atoms. The first-order valence-electron chi connectivity index (χ1n) is 18.5. The Bertz CT molecular complexity index is 2390. The highest BCUT2D eigenvalue weighted by Gasteiger charge is 2.12. The van der Waals surface area contributed by atoms with Gasteiger partial charge in [0.05, 0.1) is 0 Å². The van der Waals surface area contributed by atoms with Crippen LogP contribution < -0.4 is 4.74 Å². The summed E-state index contributed by atoms with van der Waals surface area (Å²) in [5.41, 5.74) is 18.0. The first-order valence-corrected chi connectivity index (χ1v) is 18.5.